The fraction of sp³-hybridized carbons (Fsp3) is 0.357. The molecule has 1 rings (SSSR count). The topological polar surface area (TPSA) is 38.3 Å². The zero-order valence-corrected chi connectivity index (χ0v) is 10.2. The molecule has 0 aliphatic carbocycles. The molecule has 0 radical (unpaired) electrons. The molecule has 92 valence electrons. The van der Waals surface area contributed by atoms with Crippen molar-refractivity contribution in [1.29, 1.82) is 0 Å². The molecule has 0 bridgehead atoms. The predicted molar refractivity (Wildman–Crippen MR) is 69.1 cm³/mol. The highest BCUT2D eigenvalue weighted by atomic mass is 16.5. The molecule has 0 aliphatic rings. The Morgan fingerprint density at radius 1 is 1.47 bits per heavy atom. The maximum Gasteiger partial charge on any atom is 0.220 e. The average molecular weight is 233 g/mol. The van der Waals surface area contributed by atoms with Gasteiger partial charge in [-0.2, -0.15) is 0 Å². The van der Waals surface area contributed by atoms with Crippen LogP contribution in [0.4, 0.5) is 0 Å². The highest BCUT2D eigenvalue weighted by Gasteiger charge is 2.01. The number of para-hydroxylation sites is 1. The van der Waals surface area contributed by atoms with Gasteiger partial charge in [0.15, 0.2) is 0 Å². The zero-order chi connectivity index (χ0) is 12.5. The van der Waals surface area contributed by atoms with Crippen molar-refractivity contribution < 1.29 is 9.53 Å². The average Bonchev–Trinajstić information content (AvgIpc) is 2.34. The van der Waals surface area contributed by atoms with Crippen LogP contribution >= 0.6 is 0 Å². The second-order valence-electron chi connectivity index (χ2n) is 3.81. The molecule has 0 saturated carbocycles. The van der Waals surface area contributed by atoms with E-state index in [1.54, 1.807) is 6.08 Å². The second kappa shape index (κ2) is 7.49. The van der Waals surface area contributed by atoms with Gasteiger partial charge in [-0.15, -0.1) is 6.58 Å². The van der Waals surface area contributed by atoms with Crippen LogP contribution in [-0.2, 0) is 4.79 Å². The summed E-state index contributed by atoms with van der Waals surface area (Å²) >= 11 is 0. The lowest BCUT2D eigenvalue weighted by molar-refractivity contribution is -0.121. The van der Waals surface area contributed by atoms with Crippen LogP contribution < -0.4 is 10.1 Å². The fourth-order valence-electron chi connectivity index (χ4n) is 1.41. The van der Waals surface area contributed by atoms with E-state index in [1.165, 1.54) is 0 Å². The predicted octanol–water partition coefficient (Wildman–Crippen LogP) is 2.46. The molecule has 0 heterocycles. The van der Waals surface area contributed by atoms with E-state index in [9.17, 15) is 4.79 Å². The van der Waals surface area contributed by atoms with Gasteiger partial charge in [0.05, 0.1) is 6.61 Å². The first-order valence-corrected chi connectivity index (χ1v) is 5.80. The molecule has 0 aliphatic heterocycles. The summed E-state index contributed by atoms with van der Waals surface area (Å²) in [6.45, 7) is 6.63. The Morgan fingerprint density at radius 2 is 2.24 bits per heavy atom. The third kappa shape index (κ3) is 5.20. The first-order valence-electron chi connectivity index (χ1n) is 5.80. The highest BCUT2D eigenvalue weighted by molar-refractivity contribution is 5.75. The molecule has 17 heavy (non-hydrogen) atoms. The number of rotatable bonds is 7. The van der Waals surface area contributed by atoms with E-state index >= 15 is 0 Å². The maximum absolute atomic E-state index is 11.3. The molecule has 0 atom stereocenters. The van der Waals surface area contributed by atoms with Crippen molar-refractivity contribution >= 4 is 5.91 Å². The quantitative estimate of drug-likeness (QED) is 0.580. The van der Waals surface area contributed by atoms with Crippen LogP contribution in [0, 0.1) is 6.92 Å². The molecule has 1 N–H and O–H groups in total. The molecule has 3 heteroatoms. The number of benzene rings is 1. The first-order chi connectivity index (χ1) is 8.24. The maximum atomic E-state index is 11.3. The number of ether oxygens (including phenoxy) is 1. The zero-order valence-electron chi connectivity index (χ0n) is 10.2. The number of hydrogen-bond acceptors (Lipinski definition) is 2. The largest absolute Gasteiger partial charge is 0.493 e. The van der Waals surface area contributed by atoms with Gasteiger partial charge in [-0.05, 0) is 25.0 Å². The van der Waals surface area contributed by atoms with Gasteiger partial charge in [-0.1, -0.05) is 24.3 Å². The number of carbonyl (C=O) groups excluding carboxylic acids is 1. The van der Waals surface area contributed by atoms with E-state index in [-0.39, 0.29) is 5.91 Å². The monoisotopic (exact) mass is 233 g/mol. The molecular formula is C14H19NO2. The van der Waals surface area contributed by atoms with Crippen LogP contribution in [0.5, 0.6) is 5.75 Å². The minimum Gasteiger partial charge on any atom is -0.493 e. The van der Waals surface area contributed by atoms with Crippen molar-refractivity contribution in [3.8, 4) is 5.75 Å². The van der Waals surface area contributed by atoms with E-state index < -0.39 is 0 Å². The molecule has 0 spiro atoms. The number of carbonyl (C=O) groups is 1. The summed E-state index contributed by atoms with van der Waals surface area (Å²) < 4.78 is 5.59. The SMILES string of the molecule is C=CCNC(=O)CCCOc1ccccc1C. The molecule has 3 nitrogen and oxygen atoms in total. The number of aryl methyl sites for hydroxylation is 1. The third-order valence-electron chi connectivity index (χ3n) is 2.34. The molecule has 1 aromatic carbocycles. The smallest absolute Gasteiger partial charge is 0.220 e. The number of nitrogens with one attached hydrogen (secondary N) is 1. The Balaban J connectivity index is 2.18. The van der Waals surface area contributed by atoms with Crippen LogP contribution in [0.3, 0.4) is 0 Å². The van der Waals surface area contributed by atoms with E-state index in [4.69, 9.17) is 4.74 Å². The van der Waals surface area contributed by atoms with Gasteiger partial charge < -0.3 is 10.1 Å². The van der Waals surface area contributed by atoms with Crippen molar-refractivity contribution in [1.82, 2.24) is 5.32 Å². The Labute approximate surface area is 102 Å². The van der Waals surface area contributed by atoms with Gasteiger partial charge in [0.1, 0.15) is 5.75 Å². The second-order valence-corrected chi connectivity index (χ2v) is 3.81. The molecule has 1 aromatic rings. The minimum atomic E-state index is 0.0401. The lowest BCUT2D eigenvalue weighted by Crippen LogP contribution is -2.23. The molecular weight excluding hydrogens is 214 g/mol. The van der Waals surface area contributed by atoms with Crippen molar-refractivity contribution in [2.45, 2.75) is 19.8 Å². The van der Waals surface area contributed by atoms with Crippen LogP contribution in [-0.4, -0.2) is 19.1 Å². The normalized spacial score (nSPS) is 9.71. The van der Waals surface area contributed by atoms with E-state index in [2.05, 4.69) is 11.9 Å². The standard InChI is InChI=1S/C14H19NO2/c1-3-10-15-14(16)9-6-11-17-13-8-5-4-7-12(13)2/h3-5,7-8H,1,6,9-11H2,2H3,(H,15,16). The van der Waals surface area contributed by atoms with E-state index in [0.29, 0.717) is 19.6 Å². The van der Waals surface area contributed by atoms with Gasteiger partial charge in [-0.25, -0.2) is 0 Å². The van der Waals surface area contributed by atoms with Crippen molar-refractivity contribution in [2.24, 2.45) is 0 Å². The summed E-state index contributed by atoms with van der Waals surface area (Å²) in [5, 5.41) is 2.73. The van der Waals surface area contributed by atoms with Gasteiger partial charge in [-0.3, -0.25) is 4.79 Å². The van der Waals surface area contributed by atoms with Gasteiger partial charge in [0.25, 0.3) is 0 Å². The van der Waals surface area contributed by atoms with Crippen LogP contribution in [0.2, 0.25) is 0 Å². The summed E-state index contributed by atoms with van der Waals surface area (Å²) in [7, 11) is 0. The number of hydrogen-bond donors (Lipinski definition) is 1. The highest BCUT2D eigenvalue weighted by Crippen LogP contribution is 2.16. The Morgan fingerprint density at radius 3 is 2.94 bits per heavy atom. The van der Waals surface area contributed by atoms with E-state index in [0.717, 1.165) is 17.7 Å². The summed E-state index contributed by atoms with van der Waals surface area (Å²) in [6, 6.07) is 7.86. The summed E-state index contributed by atoms with van der Waals surface area (Å²) in [4.78, 5) is 11.3. The van der Waals surface area contributed by atoms with Gasteiger partial charge in [0.2, 0.25) is 5.91 Å². The Kier molecular flexibility index (Phi) is 5.86. The lowest BCUT2D eigenvalue weighted by Gasteiger charge is -2.08. The molecule has 0 saturated heterocycles. The number of amides is 1. The third-order valence-corrected chi connectivity index (χ3v) is 2.34. The minimum absolute atomic E-state index is 0.0401. The van der Waals surface area contributed by atoms with Crippen LogP contribution in [0.1, 0.15) is 18.4 Å². The van der Waals surface area contributed by atoms with Crippen molar-refractivity contribution in [3.05, 3.63) is 42.5 Å². The Hall–Kier alpha value is -1.77. The molecule has 1 amide bonds. The lowest BCUT2D eigenvalue weighted by atomic mass is 10.2. The fourth-order valence-corrected chi connectivity index (χ4v) is 1.41. The summed E-state index contributed by atoms with van der Waals surface area (Å²) in [5.74, 6) is 0.928. The molecule has 0 fully saturated rings. The Bertz CT molecular complexity index is 374. The van der Waals surface area contributed by atoms with Gasteiger partial charge >= 0.3 is 0 Å². The van der Waals surface area contributed by atoms with Crippen molar-refractivity contribution in [2.75, 3.05) is 13.2 Å². The van der Waals surface area contributed by atoms with Crippen LogP contribution in [0.15, 0.2) is 36.9 Å². The first kappa shape index (κ1) is 13.3. The van der Waals surface area contributed by atoms with E-state index in [1.807, 2.05) is 31.2 Å². The van der Waals surface area contributed by atoms with Gasteiger partial charge in [0, 0.05) is 13.0 Å². The van der Waals surface area contributed by atoms with Crippen LogP contribution in [0.25, 0.3) is 0 Å². The summed E-state index contributed by atoms with van der Waals surface area (Å²) in [6.07, 6.45) is 2.87. The summed E-state index contributed by atoms with van der Waals surface area (Å²) in [5.41, 5.74) is 1.11. The molecule has 0 unspecified atom stereocenters. The van der Waals surface area contributed by atoms with Crippen molar-refractivity contribution in [3.63, 3.8) is 0 Å². The molecule has 0 aromatic heterocycles.